The summed E-state index contributed by atoms with van der Waals surface area (Å²) in [5, 5.41) is 2.69. The Labute approximate surface area is 168 Å². The molecule has 3 aromatic rings. The number of rotatable bonds is 9. The molecule has 2 amide bonds. The van der Waals surface area contributed by atoms with Crippen LogP contribution >= 0.6 is 0 Å². The summed E-state index contributed by atoms with van der Waals surface area (Å²) in [7, 11) is 1.55. The number of nitrogens with one attached hydrogen (secondary N) is 1. The molecule has 0 fully saturated rings. The zero-order valence-corrected chi connectivity index (χ0v) is 16.0. The molecule has 150 valence electrons. The van der Waals surface area contributed by atoms with E-state index in [9.17, 15) is 9.59 Å². The minimum absolute atomic E-state index is 0.0627. The second kappa shape index (κ2) is 9.98. The molecule has 1 heterocycles. The number of carbonyl (C=O) groups is 2. The van der Waals surface area contributed by atoms with Crippen LogP contribution in [0.4, 0.5) is 0 Å². The smallest absolute Gasteiger partial charge is 0.260 e. The van der Waals surface area contributed by atoms with Crippen molar-refractivity contribution in [3.63, 3.8) is 0 Å². The Bertz CT molecular complexity index is 908. The van der Waals surface area contributed by atoms with Gasteiger partial charge in [0.1, 0.15) is 23.0 Å². The van der Waals surface area contributed by atoms with E-state index >= 15 is 0 Å². The van der Waals surface area contributed by atoms with Crippen LogP contribution in [0, 0.1) is 0 Å². The van der Waals surface area contributed by atoms with Gasteiger partial charge in [0.05, 0.1) is 19.4 Å². The van der Waals surface area contributed by atoms with Gasteiger partial charge in [0, 0.05) is 7.05 Å². The van der Waals surface area contributed by atoms with Crippen LogP contribution in [0.5, 0.6) is 17.2 Å². The average Bonchev–Trinajstić information content (AvgIpc) is 3.26. The molecule has 0 aliphatic carbocycles. The standard InChI is InChI=1S/C22H22N2O5/c1-24(15-21(25)23-14-20-8-5-13-27-20)22(26)16-28-17-9-11-19(12-10-17)29-18-6-3-2-4-7-18/h2-13H,14-16H2,1H3,(H,23,25). The number of amides is 2. The van der Waals surface area contributed by atoms with Crippen LogP contribution in [-0.4, -0.2) is 36.9 Å². The van der Waals surface area contributed by atoms with Crippen molar-refractivity contribution in [2.45, 2.75) is 6.54 Å². The van der Waals surface area contributed by atoms with Crippen LogP contribution in [0.3, 0.4) is 0 Å². The summed E-state index contributed by atoms with van der Waals surface area (Å²) in [5.41, 5.74) is 0. The summed E-state index contributed by atoms with van der Waals surface area (Å²) in [6, 6.07) is 19.9. The Morgan fingerprint density at radius 3 is 2.31 bits per heavy atom. The number of ether oxygens (including phenoxy) is 2. The molecule has 3 rings (SSSR count). The van der Waals surface area contributed by atoms with E-state index in [1.807, 2.05) is 30.3 Å². The number of para-hydroxylation sites is 1. The molecular formula is C22H22N2O5. The number of likely N-dealkylation sites (N-methyl/N-ethyl adjacent to an activating group) is 1. The lowest BCUT2D eigenvalue weighted by molar-refractivity contribution is -0.136. The van der Waals surface area contributed by atoms with Gasteiger partial charge in [-0.05, 0) is 48.5 Å². The van der Waals surface area contributed by atoms with Gasteiger partial charge in [-0.2, -0.15) is 0 Å². The number of benzene rings is 2. The molecule has 0 bridgehead atoms. The Balaban J connectivity index is 1.40. The summed E-state index contributed by atoms with van der Waals surface area (Å²) < 4.78 is 16.4. The third-order valence-corrected chi connectivity index (χ3v) is 4.01. The molecule has 0 atom stereocenters. The second-order valence-electron chi connectivity index (χ2n) is 6.28. The zero-order valence-electron chi connectivity index (χ0n) is 16.0. The maximum Gasteiger partial charge on any atom is 0.260 e. The second-order valence-corrected chi connectivity index (χ2v) is 6.28. The van der Waals surface area contributed by atoms with E-state index in [0.717, 1.165) is 5.75 Å². The molecule has 7 nitrogen and oxygen atoms in total. The first kappa shape index (κ1) is 20.0. The fraction of sp³-hybridized carbons (Fsp3) is 0.182. The molecule has 29 heavy (non-hydrogen) atoms. The molecule has 0 saturated carbocycles. The SMILES string of the molecule is CN(CC(=O)NCc1ccco1)C(=O)COc1ccc(Oc2ccccc2)cc1. The van der Waals surface area contributed by atoms with Crippen molar-refractivity contribution < 1.29 is 23.5 Å². The van der Waals surface area contributed by atoms with Gasteiger partial charge in [0.2, 0.25) is 5.91 Å². The van der Waals surface area contributed by atoms with Crippen LogP contribution in [0.1, 0.15) is 5.76 Å². The lowest BCUT2D eigenvalue weighted by atomic mass is 10.3. The Morgan fingerprint density at radius 2 is 1.62 bits per heavy atom. The van der Waals surface area contributed by atoms with Crippen molar-refractivity contribution >= 4 is 11.8 Å². The molecule has 0 spiro atoms. The van der Waals surface area contributed by atoms with Crippen LogP contribution in [0.2, 0.25) is 0 Å². The Hall–Kier alpha value is -3.74. The van der Waals surface area contributed by atoms with Crippen LogP contribution in [0.25, 0.3) is 0 Å². The molecule has 0 aliphatic rings. The molecule has 0 aliphatic heterocycles. The molecule has 1 aromatic heterocycles. The van der Waals surface area contributed by atoms with Crippen molar-refractivity contribution in [3.05, 3.63) is 78.8 Å². The van der Waals surface area contributed by atoms with E-state index in [2.05, 4.69) is 5.32 Å². The van der Waals surface area contributed by atoms with Gasteiger partial charge in [-0.1, -0.05) is 18.2 Å². The maximum absolute atomic E-state index is 12.2. The molecule has 2 aromatic carbocycles. The first-order valence-electron chi connectivity index (χ1n) is 9.09. The number of hydrogen-bond donors (Lipinski definition) is 1. The van der Waals surface area contributed by atoms with Gasteiger partial charge in [-0.25, -0.2) is 0 Å². The lowest BCUT2D eigenvalue weighted by Crippen LogP contribution is -2.40. The average molecular weight is 394 g/mol. The largest absolute Gasteiger partial charge is 0.484 e. The first-order chi connectivity index (χ1) is 14.1. The maximum atomic E-state index is 12.2. The van der Waals surface area contributed by atoms with E-state index in [4.69, 9.17) is 13.9 Å². The predicted molar refractivity (Wildman–Crippen MR) is 107 cm³/mol. The third kappa shape index (κ3) is 6.42. The van der Waals surface area contributed by atoms with Gasteiger partial charge >= 0.3 is 0 Å². The summed E-state index contributed by atoms with van der Waals surface area (Å²) in [6.45, 7) is 0.0510. The highest BCUT2D eigenvalue weighted by Crippen LogP contribution is 2.23. The van der Waals surface area contributed by atoms with Crippen molar-refractivity contribution in [2.24, 2.45) is 0 Å². The molecule has 0 saturated heterocycles. The highest BCUT2D eigenvalue weighted by molar-refractivity contribution is 5.85. The minimum Gasteiger partial charge on any atom is -0.484 e. The number of furan rings is 1. The number of hydrogen-bond acceptors (Lipinski definition) is 5. The number of carbonyl (C=O) groups excluding carboxylic acids is 2. The first-order valence-corrected chi connectivity index (χ1v) is 9.09. The predicted octanol–water partition coefficient (Wildman–Crippen LogP) is 3.23. The summed E-state index contributed by atoms with van der Waals surface area (Å²) >= 11 is 0. The normalized spacial score (nSPS) is 10.2. The zero-order chi connectivity index (χ0) is 20.5. The van der Waals surface area contributed by atoms with Crippen molar-refractivity contribution in [1.82, 2.24) is 10.2 Å². The fourth-order valence-corrected chi connectivity index (χ4v) is 2.44. The monoisotopic (exact) mass is 394 g/mol. The van der Waals surface area contributed by atoms with Crippen molar-refractivity contribution in [1.29, 1.82) is 0 Å². The highest BCUT2D eigenvalue weighted by atomic mass is 16.5. The Morgan fingerprint density at radius 1 is 0.931 bits per heavy atom. The summed E-state index contributed by atoms with van der Waals surface area (Å²) in [4.78, 5) is 25.4. The minimum atomic E-state index is -0.303. The molecule has 1 N–H and O–H groups in total. The summed E-state index contributed by atoms with van der Waals surface area (Å²) in [6.07, 6.45) is 1.54. The molecule has 0 radical (unpaired) electrons. The number of nitrogens with zero attached hydrogens (tertiary/aromatic N) is 1. The fourth-order valence-electron chi connectivity index (χ4n) is 2.44. The molecule has 7 heteroatoms. The van der Waals surface area contributed by atoms with Crippen LogP contribution < -0.4 is 14.8 Å². The quantitative estimate of drug-likeness (QED) is 0.603. The van der Waals surface area contributed by atoms with Gasteiger partial charge in [0.25, 0.3) is 5.91 Å². The third-order valence-electron chi connectivity index (χ3n) is 4.01. The Kier molecular flexibility index (Phi) is 6.89. The summed E-state index contributed by atoms with van der Waals surface area (Å²) in [5.74, 6) is 2.01. The van der Waals surface area contributed by atoms with Gasteiger partial charge in [-0.3, -0.25) is 9.59 Å². The van der Waals surface area contributed by atoms with E-state index in [1.165, 1.54) is 11.2 Å². The molecule has 0 unspecified atom stereocenters. The molecular weight excluding hydrogens is 372 g/mol. The van der Waals surface area contributed by atoms with E-state index in [1.54, 1.807) is 43.4 Å². The van der Waals surface area contributed by atoms with Crippen molar-refractivity contribution in [2.75, 3.05) is 20.2 Å². The van der Waals surface area contributed by atoms with E-state index in [0.29, 0.717) is 17.3 Å². The lowest BCUT2D eigenvalue weighted by Gasteiger charge is -2.17. The van der Waals surface area contributed by atoms with Gasteiger partial charge in [-0.15, -0.1) is 0 Å². The van der Waals surface area contributed by atoms with Gasteiger partial charge < -0.3 is 24.1 Å². The van der Waals surface area contributed by atoms with Crippen LogP contribution in [-0.2, 0) is 16.1 Å². The van der Waals surface area contributed by atoms with Crippen LogP contribution in [0.15, 0.2) is 77.4 Å². The topological polar surface area (TPSA) is 81.0 Å². The highest BCUT2D eigenvalue weighted by Gasteiger charge is 2.14. The van der Waals surface area contributed by atoms with Gasteiger partial charge in [0.15, 0.2) is 6.61 Å². The van der Waals surface area contributed by atoms with Crippen molar-refractivity contribution in [3.8, 4) is 17.2 Å². The van der Waals surface area contributed by atoms with E-state index in [-0.39, 0.29) is 31.5 Å². The van der Waals surface area contributed by atoms with E-state index < -0.39 is 0 Å².